The number of amides is 1. The lowest BCUT2D eigenvalue weighted by atomic mass is 10.2. The van der Waals surface area contributed by atoms with Gasteiger partial charge in [0.05, 0.1) is 12.2 Å². The fourth-order valence-corrected chi connectivity index (χ4v) is 2.19. The summed E-state index contributed by atoms with van der Waals surface area (Å²) in [4.78, 5) is 13.7. The zero-order chi connectivity index (χ0) is 13.3. The van der Waals surface area contributed by atoms with Gasteiger partial charge in [0.2, 0.25) is 0 Å². The molecule has 1 aliphatic heterocycles. The standard InChI is InChI=1S/C11H17BrN4O2/c1-11(2,3)18-10(17)15-5-4-6-16-8(7-15)9(12)13-14-16/h4-7H2,1-3H3. The largest absolute Gasteiger partial charge is 0.444 e. The summed E-state index contributed by atoms with van der Waals surface area (Å²) in [5, 5.41) is 7.98. The first-order chi connectivity index (χ1) is 8.37. The van der Waals surface area contributed by atoms with Gasteiger partial charge in [-0.15, -0.1) is 5.10 Å². The molecule has 0 spiro atoms. The van der Waals surface area contributed by atoms with Crippen LogP contribution in [-0.4, -0.2) is 38.1 Å². The quantitative estimate of drug-likeness (QED) is 0.736. The predicted octanol–water partition coefficient (Wildman–Crippen LogP) is 2.18. The summed E-state index contributed by atoms with van der Waals surface area (Å²) in [5.74, 6) is 0. The maximum Gasteiger partial charge on any atom is 0.410 e. The number of fused-ring (bicyclic) bond motifs is 1. The topological polar surface area (TPSA) is 60.2 Å². The number of hydrogen-bond acceptors (Lipinski definition) is 4. The molecule has 2 heterocycles. The van der Waals surface area contributed by atoms with Gasteiger partial charge in [-0.05, 0) is 43.1 Å². The van der Waals surface area contributed by atoms with Crippen LogP contribution in [0.4, 0.5) is 4.79 Å². The first-order valence-corrected chi connectivity index (χ1v) is 6.72. The van der Waals surface area contributed by atoms with Crippen molar-refractivity contribution >= 4 is 22.0 Å². The van der Waals surface area contributed by atoms with Gasteiger partial charge in [0.25, 0.3) is 0 Å². The van der Waals surface area contributed by atoms with Crippen LogP contribution in [0.2, 0.25) is 0 Å². The van der Waals surface area contributed by atoms with Crippen molar-refractivity contribution < 1.29 is 9.53 Å². The number of aromatic nitrogens is 3. The molecule has 1 aliphatic rings. The average Bonchev–Trinajstić information content (AvgIpc) is 2.49. The molecular weight excluding hydrogens is 300 g/mol. The van der Waals surface area contributed by atoms with Crippen LogP contribution in [0.15, 0.2) is 4.60 Å². The molecule has 6 nitrogen and oxygen atoms in total. The molecule has 0 bridgehead atoms. The van der Waals surface area contributed by atoms with Crippen LogP contribution >= 0.6 is 15.9 Å². The predicted molar refractivity (Wildman–Crippen MR) is 69.0 cm³/mol. The smallest absolute Gasteiger partial charge is 0.410 e. The molecule has 1 aromatic heterocycles. The van der Waals surface area contributed by atoms with Crippen molar-refractivity contribution in [2.45, 2.75) is 45.9 Å². The van der Waals surface area contributed by atoms with Gasteiger partial charge in [-0.3, -0.25) is 0 Å². The third-order valence-corrected chi connectivity index (χ3v) is 3.20. The van der Waals surface area contributed by atoms with Gasteiger partial charge >= 0.3 is 6.09 Å². The van der Waals surface area contributed by atoms with Crippen molar-refractivity contribution in [2.24, 2.45) is 0 Å². The Morgan fingerprint density at radius 2 is 2.11 bits per heavy atom. The van der Waals surface area contributed by atoms with Crippen LogP contribution in [-0.2, 0) is 17.8 Å². The molecule has 1 amide bonds. The van der Waals surface area contributed by atoms with E-state index in [9.17, 15) is 4.79 Å². The molecule has 0 radical (unpaired) electrons. The SMILES string of the molecule is CC(C)(C)OC(=O)N1CCCn2nnc(Br)c2C1. The highest BCUT2D eigenvalue weighted by atomic mass is 79.9. The Balaban J connectivity index is 2.12. The number of nitrogens with zero attached hydrogens (tertiary/aromatic N) is 4. The lowest BCUT2D eigenvalue weighted by Gasteiger charge is -2.26. The molecule has 0 aromatic carbocycles. The molecular formula is C11H17BrN4O2. The molecule has 0 N–H and O–H groups in total. The van der Waals surface area contributed by atoms with Gasteiger partial charge in [-0.25, -0.2) is 9.48 Å². The normalized spacial score (nSPS) is 16.1. The van der Waals surface area contributed by atoms with Crippen molar-refractivity contribution in [2.75, 3.05) is 6.54 Å². The van der Waals surface area contributed by atoms with Crippen LogP contribution in [0.3, 0.4) is 0 Å². The zero-order valence-electron chi connectivity index (χ0n) is 10.8. The molecule has 1 aromatic rings. The van der Waals surface area contributed by atoms with E-state index in [0.29, 0.717) is 17.7 Å². The maximum atomic E-state index is 12.0. The zero-order valence-corrected chi connectivity index (χ0v) is 12.4. The lowest BCUT2D eigenvalue weighted by molar-refractivity contribution is 0.0236. The van der Waals surface area contributed by atoms with Crippen molar-refractivity contribution in [3.05, 3.63) is 10.3 Å². The summed E-state index contributed by atoms with van der Waals surface area (Å²) >= 11 is 3.35. The Hall–Kier alpha value is -1.11. The molecule has 0 fully saturated rings. The number of aryl methyl sites for hydroxylation is 1. The van der Waals surface area contributed by atoms with Gasteiger partial charge in [-0.2, -0.15) is 0 Å². The highest BCUT2D eigenvalue weighted by Crippen LogP contribution is 2.20. The van der Waals surface area contributed by atoms with Gasteiger partial charge in [0.1, 0.15) is 5.60 Å². The summed E-state index contributed by atoms with van der Waals surface area (Å²) in [6.45, 7) is 7.51. The van der Waals surface area contributed by atoms with E-state index in [-0.39, 0.29) is 6.09 Å². The molecule has 0 aliphatic carbocycles. The fraction of sp³-hybridized carbons (Fsp3) is 0.727. The molecule has 18 heavy (non-hydrogen) atoms. The number of halogens is 1. The van der Waals surface area contributed by atoms with E-state index in [1.54, 1.807) is 4.90 Å². The highest BCUT2D eigenvalue weighted by Gasteiger charge is 2.26. The molecule has 0 atom stereocenters. The van der Waals surface area contributed by atoms with Crippen molar-refractivity contribution in [3.8, 4) is 0 Å². The summed E-state index contributed by atoms with van der Waals surface area (Å²) < 4.78 is 7.91. The van der Waals surface area contributed by atoms with Crippen molar-refractivity contribution in [1.82, 2.24) is 19.9 Å². The highest BCUT2D eigenvalue weighted by molar-refractivity contribution is 9.10. The van der Waals surface area contributed by atoms with Crippen molar-refractivity contribution in [3.63, 3.8) is 0 Å². The first kappa shape index (κ1) is 13.3. The Morgan fingerprint density at radius 3 is 2.78 bits per heavy atom. The van der Waals surface area contributed by atoms with E-state index in [4.69, 9.17) is 4.74 Å². The second-order valence-electron chi connectivity index (χ2n) is 5.31. The van der Waals surface area contributed by atoms with Crippen LogP contribution < -0.4 is 0 Å². The second kappa shape index (κ2) is 4.87. The first-order valence-electron chi connectivity index (χ1n) is 5.92. The summed E-state index contributed by atoms with van der Waals surface area (Å²) in [6.07, 6.45) is 0.561. The minimum Gasteiger partial charge on any atom is -0.444 e. The molecule has 2 rings (SSSR count). The summed E-state index contributed by atoms with van der Waals surface area (Å²) in [6, 6.07) is 0. The van der Waals surface area contributed by atoms with E-state index >= 15 is 0 Å². The Labute approximate surface area is 114 Å². The van der Waals surface area contributed by atoms with E-state index in [1.807, 2.05) is 25.5 Å². The lowest BCUT2D eigenvalue weighted by Crippen LogP contribution is -2.36. The molecule has 7 heteroatoms. The number of ether oxygens (including phenoxy) is 1. The molecule has 0 unspecified atom stereocenters. The minimum absolute atomic E-state index is 0.288. The monoisotopic (exact) mass is 316 g/mol. The van der Waals surface area contributed by atoms with Gasteiger partial charge in [-0.1, -0.05) is 5.21 Å². The number of hydrogen-bond donors (Lipinski definition) is 0. The van der Waals surface area contributed by atoms with Crippen LogP contribution in [0.5, 0.6) is 0 Å². The Morgan fingerprint density at radius 1 is 1.39 bits per heavy atom. The Kier molecular flexibility index (Phi) is 3.61. The summed E-state index contributed by atoms with van der Waals surface area (Å²) in [7, 11) is 0. The van der Waals surface area contributed by atoms with E-state index < -0.39 is 5.60 Å². The third kappa shape index (κ3) is 3.01. The number of carbonyl (C=O) groups is 1. The van der Waals surface area contributed by atoms with Gasteiger partial charge in [0.15, 0.2) is 4.60 Å². The average molecular weight is 317 g/mol. The number of rotatable bonds is 0. The van der Waals surface area contributed by atoms with Gasteiger partial charge < -0.3 is 9.64 Å². The van der Waals surface area contributed by atoms with Gasteiger partial charge in [0, 0.05) is 13.1 Å². The van der Waals surface area contributed by atoms with Crippen molar-refractivity contribution in [1.29, 1.82) is 0 Å². The molecule has 0 saturated heterocycles. The Bertz CT molecular complexity index is 452. The molecule has 100 valence electrons. The molecule has 0 saturated carbocycles. The third-order valence-electron chi connectivity index (χ3n) is 2.58. The van der Waals surface area contributed by atoms with Crippen LogP contribution in [0.1, 0.15) is 32.9 Å². The minimum atomic E-state index is -0.473. The van der Waals surface area contributed by atoms with E-state index in [1.165, 1.54) is 0 Å². The van der Waals surface area contributed by atoms with Crippen LogP contribution in [0, 0.1) is 0 Å². The summed E-state index contributed by atoms with van der Waals surface area (Å²) in [5.41, 5.74) is 0.442. The second-order valence-corrected chi connectivity index (χ2v) is 6.06. The van der Waals surface area contributed by atoms with Crippen LogP contribution in [0.25, 0.3) is 0 Å². The fourth-order valence-electron chi connectivity index (χ4n) is 1.79. The number of carbonyl (C=O) groups excluding carboxylic acids is 1. The van der Waals surface area contributed by atoms with E-state index in [0.717, 1.165) is 18.7 Å². The maximum absolute atomic E-state index is 12.0. The van der Waals surface area contributed by atoms with E-state index in [2.05, 4.69) is 26.2 Å².